The van der Waals surface area contributed by atoms with Crippen LogP contribution in [0.25, 0.3) is 0 Å². The van der Waals surface area contributed by atoms with Crippen LogP contribution in [-0.4, -0.2) is 51.6 Å². The molecule has 6 nitrogen and oxygen atoms in total. The van der Waals surface area contributed by atoms with E-state index >= 15 is 0 Å². The van der Waals surface area contributed by atoms with E-state index in [-0.39, 0.29) is 6.04 Å². The van der Waals surface area contributed by atoms with E-state index in [1.54, 1.807) is 4.31 Å². The van der Waals surface area contributed by atoms with Crippen LogP contribution >= 0.6 is 0 Å². The molecular weight excluding hydrogens is 254 g/mol. The van der Waals surface area contributed by atoms with E-state index < -0.39 is 10.2 Å². The van der Waals surface area contributed by atoms with Gasteiger partial charge in [-0.1, -0.05) is 0 Å². The molecule has 2 saturated heterocycles. The van der Waals surface area contributed by atoms with Crippen molar-refractivity contribution in [2.24, 2.45) is 11.7 Å². The van der Waals surface area contributed by atoms with Gasteiger partial charge in [-0.05, 0) is 38.1 Å². The Morgan fingerprint density at radius 3 is 2.33 bits per heavy atom. The summed E-state index contributed by atoms with van der Waals surface area (Å²) in [6.45, 7) is 3.10. The van der Waals surface area contributed by atoms with Crippen molar-refractivity contribution in [1.29, 1.82) is 0 Å². The normalized spacial score (nSPS) is 25.4. The van der Waals surface area contributed by atoms with Crippen LogP contribution in [0.15, 0.2) is 0 Å². The standard InChI is InChI=1S/C11H23N3O3S/c12-9-10-1-5-14(6-2-10)18(15,16)13-11-3-7-17-8-4-11/h10-11,13H,1-9,12H2. The van der Waals surface area contributed by atoms with E-state index in [0.29, 0.717) is 38.8 Å². The van der Waals surface area contributed by atoms with Gasteiger partial charge in [-0.15, -0.1) is 0 Å². The van der Waals surface area contributed by atoms with Crippen LogP contribution in [0.4, 0.5) is 0 Å². The topological polar surface area (TPSA) is 84.7 Å². The minimum absolute atomic E-state index is 0.0241. The highest BCUT2D eigenvalue weighted by atomic mass is 32.2. The predicted molar refractivity (Wildman–Crippen MR) is 69.2 cm³/mol. The Bertz CT molecular complexity index is 347. The van der Waals surface area contributed by atoms with Gasteiger partial charge in [-0.3, -0.25) is 0 Å². The molecule has 0 aromatic heterocycles. The van der Waals surface area contributed by atoms with Crippen molar-refractivity contribution in [1.82, 2.24) is 9.03 Å². The zero-order valence-electron chi connectivity index (χ0n) is 10.7. The fraction of sp³-hybridized carbons (Fsp3) is 1.00. The molecule has 0 aromatic rings. The number of nitrogens with zero attached hydrogens (tertiary/aromatic N) is 1. The Hall–Kier alpha value is -0.210. The summed E-state index contributed by atoms with van der Waals surface area (Å²) in [7, 11) is -3.33. The molecule has 0 spiro atoms. The maximum atomic E-state index is 12.2. The Balaban J connectivity index is 1.86. The highest BCUT2D eigenvalue weighted by molar-refractivity contribution is 7.87. The lowest BCUT2D eigenvalue weighted by molar-refractivity contribution is 0.0826. The van der Waals surface area contributed by atoms with Crippen LogP contribution in [0.1, 0.15) is 25.7 Å². The minimum atomic E-state index is -3.33. The maximum Gasteiger partial charge on any atom is 0.279 e. The first-order valence-electron chi connectivity index (χ1n) is 6.67. The van der Waals surface area contributed by atoms with Crippen LogP contribution in [0.3, 0.4) is 0 Å². The summed E-state index contributed by atoms with van der Waals surface area (Å²) in [5.74, 6) is 0.472. The quantitative estimate of drug-likeness (QED) is 0.737. The van der Waals surface area contributed by atoms with Gasteiger partial charge in [-0.25, -0.2) is 0 Å². The SMILES string of the molecule is NCC1CCN(S(=O)(=O)NC2CCOCC2)CC1. The summed E-state index contributed by atoms with van der Waals surface area (Å²) in [6.07, 6.45) is 3.26. The predicted octanol–water partition coefficient (Wildman–Crippen LogP) is -0.329. The second-order valence-corrected chi connectivity index (χ2v) is 6.79. The zero-order chi connectivity index (χ0) is 13.0. The Kier molecular flexibility index (Phi) is 4.97. The van der Waals surface area contributed by atoms with E-state index in [1.807, 2.05) is 0 Å². The molecule has 0 unspecified atom stereocenters. The molecule has 0 aliphatic carbocycles. The number of rotatable bonds is 4. The van der Waals surface area contributed by atoms with Crippen molar-refractivity contribution in [2.45, 2.75) is 31.7 Å². The zero-order valence-corrected chi connectivity index (χ0v) is 11.5. The van der Waals surface area contributed by atoms with Crippen molar-refractivity contribution in [3.63, 3.8) is 0 Å². The molecule has 0 atom stereocenters. The van der Waals surface area contributed by atoms with Gasteiger partial charge >= 0.3 is 0 Å². The summed E-state index contributed by atoms with van der Waals surface area (Å²) in [6, 6.07) is 0.0241. The average Bonchev–Trinajstić information content (AvgIpc) is 2.39. The van der Waals surface area contributed by atoms with Crippen LogP contribution < -0.4 is 10.5 Å². The largest absolute Gasteiger partial charge is 0.381 e. The van der Waals surface area contributed by atoms with Gasteiger partial charge in [0.1, 0.15) is 0 Å². The van der Waals surface area contributed by atoms with Gasteiger partial charge in [0.25, 0.3) is 10.2 Å². The third kappa shape index (κ3) is 3.64. The first-order chi connectivity index (χ1) is 8.62. The van der Waals surface area contributed by atoms with Gasteiger partial charge in [0.2, 0.25) is 0 Å². The summed E-state index contributed by atoms with van der Waals surface area (Å²) in [5, 5.41) is 0. The first kappa shape index (κ1) is 14.2. The van der Waals surface area contributed by atoms with Gasteiger partial charge < -0.3 is 10.5 Å². The molecule has 106 valence electrons. The van der Waals surface area contributed by atoms with E-state index in [9.17, 15) is 8.42 Å². The number of nitrogens with one attached hydrogen (secondary N) is 1. The Labute approximate surface area is 109 Å². The molecule has 7 heteroatoms. The number of ether oxygens (including phenoxy) is 1. The van der Waals surface area contributed by atoms with Crippen LogP contribution in [0.5, 0.6) is 0 Å². The Morgan fingerprint density at radius 1 is 1.17 bits per heavy atom. The van der Waals surface area contributed by atoms with Crippen molar-refractivity contribution >= 4 is 10.2 Å². The summed E-state index contributed by atoms with van der Waals surface area (Å²) < 4.78 is 33.9. The number of piperidine rings is 1. The molecule has 0 amide bonds. The third-order valence-corrected chi connectivity index (χ3v) is 5.46. The Morgan fingerprint density at radius 2 is 1.78 bits per heavy atom. The smallest absolute Gasteiger partial charge is 0.279 e. The molecule has 2 fully saturated rings. The van der Waals surface area contributed by atoms with Crippen LogP contribution in [0.2, 0.25) is 0 Å². The number of hydrogen-bond donors (Lipinski definition) is 2. The molecule has 0 aromatic carbocycles. The molecular formula is C11H23N3O3S. The summed E-state index contributed by atoms with van der Waals surface area (Å²) >= 11 is 0. The van der Waals surface area contributed by atoms with Crippen molar-refractivity contribution in [3.8, 4) is 0 Å². The second-order valence-electron chi connectivity index (χ2n) is 5.09. The molecule has 2 heterocycles. The van der Waals surface area contributed by atoms with E-state index in [4.69, 9.17) is 10.5 Å². The van der Waals surface area contributed by atoms with Crippen molar-refractivity contribution < 1.29 is 13.2 Å². The van der Waals surface area contributed by atoms with Crippen LogP contribution in [0, 0.1) is 5.92 Å². The van der Waals surface area contributed by atoms with Gasteiger partial charge in [0, 0.05) is 32.3 Å². The molecule has 3 N–H and O–H groups in total. The van der Waals surface area contributed by atoms with Gasteiger partial charge in [-0.2, -0.15) is 17.4 Å². The summed E-state index contributed by atoms with van der Waals surface area (Å²) in [5.41, 5.74) is 5.61. The summed E-state index contributed by atoms with van der Waals surface area (Å²) in [4.78, 5) is 0. The highest BCUT2D eigenvalue weighted by Crippen LogP contribution is 2.18. The molecule has 2 aliphatic rings. The van der Waals surface area contributed by atoms with Gasteiger partial charge in [0.15, 0.2) is 0 Å². The lowest BCUT2D eigenvalue weighted by atomic mass is 9.99. The monoisotopic (exact) mass is 277 g/mol. The number of nitrogens with two attached hydrogens (primary N) is 1. The molecule has 2 aliphatic heterocycles. The minimum Gasteiger partial charge on any atom is -0.381 e. The van der Waals surface area contributed by atoms with E-state index in [2.05, 4.69) is 4.72 Å². The van der Waals surface area contributed by atoms with E-state index in [1.165, 1.54) is 0 Å². The van der Waals surface area contributed by atoms with Crippen molar-refractivity contribution in [2.75, 3.05) is 32.8 Å². The lowest BCUT2D eigenvalue weighted by Crippen LogP contribution is -2.49. The van der Waals surface area contributed by atoms with E-state index in [0.717, 1.165) is 25.7 Å². The molecule has 0 saturated carbocycles. The first-order valence-corrected chi connectivity index (χ1v) is 8.11. The van der Waals surface area contributed by atoms with Crippen molar-refractivity contribution in [3.05, 3.63) is 0 Å². The second kappa shape index (κ2) is 6.29. The highest BCUT2D eigenvalue weighted by Gasteiger charge is 2.29. The molecule has 0 bridgehead atoms. The number of hydrogen-bond acceptors (Lipinski definition) is 4. The fourth-order valence-corrected chi connectivity index (χ4v) is 3.98. The maximum absolute atomic E-state index is 12.2. The molecule has 18 heavy (non-hydrogen) atoms. The fourth-order valence-electron chi connectivity index (χ4n) is 2.49. The average molecular weight is 277 g/mol. The van der Waals surface area contributed by atoms with Gasteiger partial charge in [0.05, 0.1) is 0 Å². The lowest BCUT2D eigenvalue weighted by Gasteiger charge is -2.32. The molecule has 2 rings (SSSR count). The van der Waals surface area contributed by atoms with Crippen LogP contribution in [-0.2, 0) is 14.9 Å². The third-order valence-electron chi connectivity index (χ3n) is 3.78. The molecule has 0 radical (unpaired) electrons.